The molecule has 0 heterocycles. The molecule has 0 bridgehead atoms. The Hall–Kier alpha value is -1.97. The Morgan fingerprint density at radius 2 is 2.11 bits per heavy atom. The van der Waals surface area contributed by atoms with E-state index in [1.165, 1.54) is 0 Å². The van der Waals surface area contributed by atoms with E-state index in [-0.39, 0.29) is 0 Å². The minimum Gasteiger partial charge on any atom is -0.495 e. The van der Waals surface area contributed by atoms with Gasteiger partial charge in [0.25, 0.3) is 0 Å². The molecule has 0 saturated carbocycles. The average Bonchev–Trinajstić information content (AvgIpc) is 2.37. The number of para-hydroxylation sites is 2. The van der Waals surface area contributed by atoms with E-state index in [2.05, 4.69) is 6.58 Å². The number of carbonyl (C=O) groups is 1. The Balaban J connectivity index is 3.01. The maximum Gasteiger partial charge on any atom is 0.308 e. The Bertz CT molecular complexity index is 456. The van der Waals surface area contributed by atoms with Crippen molar-refractivity contribution in [1.82, 2.24) is 0 Å². The van der Waals surface area contributed by atoms with Crippen molar-refractivity contribution >= 4 is 11.7 Å². The van der Waals surface area contributed by atoms with Gasteiger partial charge >= 0.3 is 5.97 Å². The zero-order chi connectivity index (χ0) is 14.4. The number of ether oxygens (including phenoxy) is 1. The van der Waals surface area contributed by atoms with Gasteiger partial charge in [-0.1, -0.05) is 31.2 Å². The summed E-state index contributed by atoms with van der Waals surface area (Å²) in [4.78, 5) is 13.0. The van der Waals surface area contributed by atoms with E-state index in [1.807, 2.05) is 36.1 Å². The molecule has 4 heteroatoms. The van der Waals surface area contributed by atoms with Gasteiger partial charge in [-0.2, -0.15) is 0 Å². The normalized spacial score (nSPS) is 11.7. The van der Waals surface area contributed by atoms with Crippen LogP contribution in [0.5, 0.6) is 5.75 Å². The third-order valence-corrected chi connectivity index (χ3v) is 2.80. The van der Waals surface area contributed by atoms with Gasteiger partial charge in [-0.3, -0.25) is 4.79 Å². The molecule has 0 aliphatic heterocycles. The molecular formula is C15H21NO3. The number of aliphatic carboxylic acids is 1. The van der Waals surface area contributed by atoms with Crippen LogP contribution in [0.15, 0.2) is 36.4 Å². The highest BCUT2D eigenvalue weighted by molar-refractivity contribution is 5.71. The van der Waals surface area contributed by atoms with Crippen LogP contribution in [-0.4, -0.2) is 31.3 Å². The van der Waals surface area contributed by atoms with E-state index in [9.17, 15) is 4.79 Å². The highest BCUT2D eigenvalue weighted by atomic mass is 16.5. The minimum atomic E-state index is -0.804. The molecule has 0 fully saturated rings. The zero-order valence-corrected chi connectivity index (χ0v) is 11.7. The van der Waals surface area contributed by atoms with Gasteiger partial charge in [0.2, 0.25) is 0 Å². The molecule has 0 saturated heterocycles. The average molecular weight is 263 g/mol. The predicted octanol–water partition coefficient (Wildman–Crippen LogP) is 2.80. The summed E-state index contributed by atoms with van der Waals surface area (Å²) >= 11 is 0. The van der Waals surface area contributed by atoms with Crippen LogP contribution in [0.1, 0.15) is 13.8 Å². The summed E-state index contributed by atoms with van der Waals surface area (Å²) in [6.45, 7) is 8.55. The summed E-state index contributed by atoms with van der Waals surface area (Å²) in [7, 11) is 1.61. The molecule has 1 N–H and O–H groups in total. The number of benzene rings is 1. The monoisotopic (exact) mass is 263 g/mol. The molecule has 1 rings (SSSR count). The largest absolute Gasteiger partial charge is 0.495 e. The molecule has 19 heavy (non-hydrogen) atoms. The maximum absolute atomic E-state index is 11.0. The van der Waals surface area contributed by atoms with Gasteiger partial charge in [-0.05, 0) is 19.1 Å². The van der Waals surface area contributed by atoms with Crippen LogP contribution in [0.3, 0.4) is 0 Å². The van der Waals surface area contributed by atoms with Crippen LogP contribution in [-0.2, 0) is 4.79 Å². The molecule has 0 aliphatic carbocycles. The van der Waals surface area contributed by atoms with Gasteiger partial charge in [0.1, 0.15) is 5.75 Å². The summed E-state index contributed by atoms with van der Waals surface area (Å²) in [5, 5.41) is 9.06. The molecule has 1 aromatic carbocycles. The second-order valence-electron chi connectivity index (χ2n) is 4.75. The fourth-order valence-corrected chi connectivity index (χ4v) is 1.87. The molecule has 1 atom stereocenters. The minimum absolute atomic E-state index is 0.419. The van der Waals surface area contributed by atoms with Crippen molar-refractivity contribution in [3.63, 3.8) is 0 Å². The van der Waals surface area contributed by atoms with Crippen molar-refractivity contribution in [2.45, 2.75) is 13.8 Å². The van der Waals surface area contributed by atoms with Gasteiger partial charge in [0.15, 0.2) is 0 Å². The molecule has 4 nitrogen and oxygen atoms in total. The Kier molecular flexibility index (Phi) is 5.42. The summed E-state index contributed by atoms with van der Waals surface area (Å²) in [6.07, 6.45) is 0. The molecule has 1 aromatic rings. The number of nitrogens with zero attached hydrogens (tertiary/aromatic N) is 1. The Morgan fingerprint density at radius 3 is 2.63 bits per heavy atom. The van der Waals surface area contributed by atoms with E-state index < -0.39 is 11.9 Å². The van der Waals surface area contributed by atoms with Crippen molar-refractivity contribution in [3.05, 3.63) is 36.4 Å². The number of carboxylic acids is 1. The second kappa shape index (κ2) is 6.83. The van der Waals surface area contributed by atoms with E-state index >= 15 is 0 Å². The predicted molar refractivity (Wildman–Crippen MR) is 76.8 cm³/mol. The van der Waals surface area contributed by atoms with Gasteiger partial charge in [0.05, 0.1) is 18.7 Å². The molecule has 104 valence electrons. The quantitative estimate of drug-likeness (QED) is 0.768. The van der Waals surface area contributed by atoms with E-state index in [0.717, 1.165) is 17.0 Å². The number of anilines is 1. The van der Waals surface area contributed by atoms with Crippen LogP contribution in [0, 0.1) is 5.92 Å². The fraction of sp³-hybridized carbons (Fsp3) is 0.400. The number of methoxy groups -OCH3 is 1. The smallest absolute Gasteiger partial charge is 0.308 e. The summed E-state index contributed by atoms with van der Waals surface area (Å²) in [6, 6.07) is 7.60. The van der Waals surface area contributed by atoms with Crippen molar-refractivity contribution in [3.8, 4) is 5.75 Å². The Morgan fingerprint density at radius 1 is 1.47 bits per heavy atom. The van der Waals surface area contributed by atoms with Gasteiger partial charge in [-0.25, -0.2) is 0 Å². The van der Waals surface area contributed by atoms with Crippen molar-refractivity contribution < 1.29 is 14.6 Å². The first-order chi connectivity index (χ1) is 8.95. The summed E-state index contributed by atoms with van der Waals surface area (Å²) in [5.74, 6) is -0.521. The third kappa shape index (κ3) is 4.32. The van der Waals surface area contributed by atoms with Crippen molar-refractivity contribution in [2.75, 3.05) is 25.1 Å². The fourth-order valence-electron chi connectivity index (χ4n) is 1.87. The van der Waals surface area contributed by atoms with Crippen LogP contribution in [0.4, 0.5) is 5.69 Å². The van der Waals surface area contributed by atoms with Crippen LogP contribution in [0.25, 0.3) is 0 Å². The highest BCUT2D eigenvalue weighted by Gasteiger charge is 2.18. The van der Waals surface area contributed by atoms with Crippen LogP contribution < -0.4 is 9.64 Å². The number of hydrogen-bond acceptors (Lipinski definition) is 3. The molecule has 0 aliphatic rings. The lowest BCUT2D eigenvalue weighted by molar-refractivity contribution is -0.140. The first kappa shape index (κ1) is 15.1. The van der Waals surface area contributed by atoms with E-state index in [1.54, 1.807) is 14.0 Å². The lowest BCUT2D eigenvalue weighted by Gasteiger charge is -2.28. The molecular weight excluding hydrogens is 242 g/mol. The van der Waals surface area contributed by atoms with Gasteiger partial charge in [0, 0.05) is 13.1 Å². The SMILES string of the molecule is C=C(C)CN(CC(C)C(=O)O)c1ccccc1OC. The molecule has 1 unspecified atom stereocenters. The lowest BCUT2D eigenvalue weighted by atomic mass is 10.1. The maximum atomic E-state index is 11.0. The molecule has 0 radical (unpaired) electrons. The van der Waals surface area contributed by atoms with Crippen molar-refractivity contribution in [1.29, 1.82) is 0 Å². The van der Waals surface area contributed by atoms with E-state index in [0.29, 0.717) is 13.1 Å². The molecule has 0 spiro atoms. The first-order valence-corrected chi connectivity index (χ1v) is 6.20. The second-order valence-corrected chi connectivity index (χ2v) is 4.75. The van der Waals surface area contributed by atoms with Crippen LogP contribution in [0.2, 0.25) is 0 Å². The molecule has 0 amide bonds. The standard InChI is InChI=1S/C15H21NO3/c1-11(2)9-16(10-12(3)15(17)18)13-7-5-6-8-14(13)19-4/h5-8,12H,1,9-10H2,2-4H3,(H,17,18). The van der Waals surface area contributed by atoms with Gasteiger partial charge < -0.3 is 14.7 Å². The zero-order valence-electron chi connectivity index (χ0n) is 11.7. The number of hydrogen-bond donors (Lipinski definition) is 1. The molecule has 0 aromatic heterocycles. The first-order valence-electron chi connectivity index (χ1n) is 6.20. The topological polar surface area (TPSA) is 49.8 Å². The highest BCUT2D eigenvalue weighted by Crippen LogP contribution is 2.28. The number of rotatable bonds is 7. The van der Waals surface area contributed by atoms with Crippen molar-refractivity contribution in [2.24, 2.45) is 5.92 Å². The lowest BCUT2D eigenvalue weighted by Crippen LogP contribution is -2.33. The van der Waals surface area contributed by atoms with E-state index in [4.69, 9.17) is 9.84 Å². The van der Waals surface area contributed by atoms with Crippen LogP contribution >= 0.6 is 0 Å². The summed E-state index contributed by atoms with van der Waals surface area (Å²) < 4.78 is 5.33. The third-order valence-electron chi connectivity index (χ3n) is 2.80. The Labute approximate surface area is 114 Å². The number of carboxylic acid groups (broad SMARTS) is 1. The van der Waals surface area contributed by atoms with Gasteiger partial charge in [-0.15, -0.1) is 0 Å². The summed E-state index contributed by atoms with van der Waals surface area (Å²) in [5.41, 5.74) is 1.87.